The summed E-state index contributed by atoms with van der Waals surface area (Å²) in [5.41, 5.74) is -0.449. The summed E-state index contributed by atoms with van der Waals surface area (Å²) in [4.78, 5) is 13.7. The van der Waals surface area contributed by atoms with Gasteiger partial charge in [-0.3, -0.25) is 4.90 Å². The number of alkyl carbamates (subject to hydrolysis) is 1. The number of aliphatic hydroxyl groups is 2. The molecule has 0 radical (unpaired) electrons. The van der Waals surface area contributed by atoms with Crippen LogP contribution in [-0.2, 0) is 4.74 Å². The van der Waals surface area contributed by atoms with Gasteiger partial charge in [0.25, 0.3) is 0 Å². The van der Waals surface area contributed by atoms with E-state index >= 15 is 0 Å². The Bertz CT molecular complexity index is 344. The van der Waals surface area contributed by atoms with Crippen LogP contribution in [0.15, 0.2) is 0 Å². The van der Waals surface area contributed by atoms with Gasteiger partial charge in [-0.15, -0.1) is 0 Å². The van der Waals surface area contributed by atoms with Crippen molar-refractivity contribution in [3.8, 4) is 0 Å². The van der Waals surface area contributed by atoms with Gasteiger partial charge in [-0.05, 0) is 53.0 Å². The van der Waals surface area contributed by atoms with Crippen molar-refractivity contribution >= 4 is 6.09 Å². The molecule has 1 saturated heterocycles. The summed E-state index contributed by atoms with van der Waals surface area (Å²) in [6.07, 6.45) is 5.06. The molecule has 0 aromatic carbocycles. The van der Waals surface area contributed by atoms with Gasteiger partial charge in [-0.1, -0.05) is 12.8 Å². The molecule has 23 heavy (non-hydrogen) atoms. The third kappa shape index (κ3) is 9.13. The van der Waals surface area contributed by atoms with E-state index in [0.717, 1.165) is 45.2 Å². The molecular formula is C17H34N2O4. The average molecular weight is 330 g/mol. The topological polar surface area (TPSA) is 82.0 Å². The minimum absolute atomic E-state index is 0.104. The number of carbonyl (C=O) groups excluding carboxylic acids is 1. The van der Waals surface area contributed by atoms with Gasteiger partial charge in [0.2, 0.25) is 0 Å². The fourth-order valence-corrected chi connectivity index (χ4v) is 2.86. The van der Waals surface area contributed by atoms with Gasteiger partial charge in [0.05, 0.1) is 12.7 Å². The van der Waals surface area contributed by atoms with Crippen LogP contribution in [0.3, 0.4) is 0 Å². The molecule has 1 heterocycles. The van der Waals surface area contributed by atoms with Crippen molar-refractivity contribution in [3.05, 3.63) is 0 Å². The number of unbranched alkanes of at least 4 members (excludes halogenated alkanes) is 3. The van der Waals surface area contributed by atoms with Crippen LogP contribution in [0.4, 0.5) is 4.79 Å². The van der Waals surface area contributed by atoms with Gasteiger partial charge < -0.3 is 20.3 Å². The summed E-state index contributed by atoms with van der Waals surface area (Å²) < 4.78 is 5.18. The molecule has 1 aliphatic rings. The second-order valence-corrected chi connectivity index (χ2v) is 7.39. The van der Waals surface area contributed by atoms with Gasteiger partial charge in [-0.2, -0.15) is 0 Å². The number of nitrogens with zero attached hydrogens (tertiary/aromatic N) is 1. The van der Waals surface area contributed by atoms with E-state index in [1.165, 1.54) is 0 Å². The first-order valence-corrected chi connectivity index (χ1v) is 8.81. The number of carbonyl (C=O) groups is 1. The molecule has 1 aliphatic heterocycles. The van der Waals surface area contributed by atoms with E-state index in [-0.39, 0.29) is 24.8 Å². The van der Waals surface area contributed by atoms with E-state index < -0.39 is 5.60 Å². The normalized spacial score (nSPS) is 22.8. The SMILES string of the molecule is CC(C)(C)OC(=O)NCCCCCCN1CCC(O)CC1CO. The molecule has 3 N–H and O–H groups in total. The summed E-state index contributed by atoms with van der Waals surface area (Å²) in [5, 5.41) is 21.8. The first-order valence-electron chi connectivity index (χ1n) is 8.81. The van der Waals surface area contributed by atoms with Gasteiger partial charge in [-0.25, -0.2) is 4.79 Å². The minimum atomic E-state index is -0.449. The van der Waals surface area contributed by atoms with Gasteiger partial charge in [0.15, 0.2) is 0 Å². The van der Waals surface area contributed by atoms with Crippen LogP contribution in [0.2, 0.25) is 0 Å². The molecule has 1 fully saturated rings. The number of likely N-dealkylation sites (tertiary alicyclic amines) is 1. The number of hydrogen-bond acceptors (Lipinski definition) is 5. The Morgan fingerprint density at radius 2 is 1.96 bits per heavy atom. The smallest absolute Gasteiger partial charge is 0.407 e. The van der Waals surface area contributed by atoms with Crippen molar-refractivity contribution < 1.29 is 19.7 Å². The van der Waals surface area contributed by atoms with Crippen molar-refractivity contribution in [1.82, 2.24) is 10.2 Å². The third-order valence-electron chi connectivity index (χ3n) is 4.06. The van der Waals surface area contributed by atoms with Crippen LogP contribution in [0, 0.1) is 0 Å². The van der Waals surface area contributed by atoms with Crippen LogP contribution in [0.1, 0.15) is 59.3 Å². The highest BCUT2D eigenvalue weighted by atomic mass is 16.6. The van der Waals surface area contributed by atoms with E-state index in [1.807, 2.05) is 20.8 Å². The third-order valence-corrected chi connectivity index (χ3v) is 4.06. The van der Waals surface area contributed by atoms with E-state index in [1.54, 1.807) is 0 Å². The Morgan fingerprint density at radius 3 is 2.61 bits per heavy atom. The highest BCUT2D eigenvalue weighted by molar-refractivity contribution is 5.67. The van der Waals surface area contributed by atoms with E-state index in [4.69, 9.17) is 4.74 Å². The van der Waals surface area contributed by atoms with Crippen molar-refractivity contribution in [2.75, 3.05) is 26.2 Å². The van der Waals surface area contributed by atoms with Crippen molar-refractivity contribution in [1.29, 1.82) is 0 Å². The van der Waals surface area contributed by atoms with Crippen LogP contribution in [0.25, 0.3) is 0 Å². The predicted octanol–water partition coefficient (Wildman–Crippen LogP) is 1.89. The molecule has 2 atom stereocenters. The molecule has 136 valence electrons. The summed E-state index contributed by atoms with van der Waals surface area (Å²) >= 11 is 0. The zero-order chi connectivity index (χ0) is 17.3. The second kappa shape index (κ2) is 10.1. The summed E-state index contributed by atoms with van der Waals surface area (Å²) in [5.74, 6) is 0. The predicted molar refractivity (Wildman–Crippen MR) is 90.4 cm³/mol. The maximum absolute atomic E-state index is 11.5. The molecule has 0 aromatic rings. The quantitative estimate of drug-likeness (QED) is 0.592. The average Bonchev–Trinajstić information content (AvgIpc) is 2.45. The Labute approximate surface area is 140 Å². The van der Waals surface area contributed by atoms with Crippen LogP contribution >= 0.6 is 0 Å². The molecule has 2 unspecified atom stereocenters. The number of nitrogens with one attached hydrogen (secondary N) is 1. The van der Waals surface area contributed by atoms with Gasteiger partial charge in [0, 0.05) is 19.1 Å². The van der Waals surface area contributed by atoms with Crippen LogP contribution < -0.4 is 5.32 Å². The molecule has 0 saturated carbocycles. The van der Waals surface area contributed by atoms with E-state index in [0.29, 0.717) is 13.0 Å². The number of rotatable bonds is 8. The highest BCUT2D eigenvalue weighted by Crippen LogP contribution is 2.18. The Kier molecular flexibility index (Phi) is 8.87. The lowest BCUT2D eigenvalue weighted by Crippen LogP contribution is -2.46. The number of amides is 1. The zero-order valence-corrected chi connectivity index (χ0v) is 14.9. The number of piperidine rings is 1. The lowest BCUT2D eigenvalue weighted by molar-refractivity contribution is 0.0163. The van der Waals surface area contributed by atoms with Crippen molar-refractivity contribution in [3.63, 3.8) is 0 Å². The first kappa shape index (κ1) is 20.2. The standard InChI is InChI=1S/C17H34N2O4/c1-17(2,3)23-16(22)18-9-6-4-5-7-10-19-11-8-15(21)12-14(19)13-20/h14-15,20-21H,4-13H2,1-3H3,(H,18,22). The largest absolute Gasteiger partial charge is 0.444 e. The fourth-order valence-electron chi connectivity index (χ4n) is 2.86. The van der Waals surface area contributed by atoms with Crippen molar-refractivity contribution in [2.45, 2.75) is 77.0 Å². The minimum Gasteiger partial charge on any atom is -0.444 e. The number of ether oxygens (including phenoxy) is 1. The first-order chi connectivity index (χ1) is 10.8. The molecule has 0 aromatic heterocycles. The summed E-state index contributed by atoms with van der Waals surface area (Å²) in [7, 11) is 0. The maximum atomic E-state index is 11.5. The zero-order valence-electron chi connectivity index (χ0n) is 14.9. The van der Waals surface area contributed by atoms with Gasteiger partial charge in [0.1, 0.15) is 5.60 Å². The molecule has 0 bridgehead atoms. The monoisotopic (exact) mass is 330 g/mol. The molecule has 0 aliphatic carbocycles. The molecule has 6 heteroatoms. The molecule has 0 spiro atoms. The van der Waals surface area contributed by atoms with E-state index in [2.05, 4.69) is 10.2 Å². The Balaban J connectivity index is 2.02. The molecule has 1 rings (SSSR count). The van der Waals surface area contributed by atoms with E-state index in [9.17, 15) is 15.0 Å². The van der Waals surface area contributed by atoms with Crippen molar-refractivity contribution in [2.24, 2.45) is 0 Å². The summed E-state index contributed by atoms with van der Waals surface area (Å²) in [6, 6.07) is 0.104. The van der Waals surface area contributed by atoms with Crippen LogP contribution in [0.5, 0.6) is 0 Å². The van der Waals surface area contributed by atoms with Crippen LogP contribution in [-0.4, -0.2) is 65.2 Å². The highest BCUT2D eigenvalue weighted by Gasteiger charge is 2.26. The maximum Gasteiger partial charge on any atom is 0.407 e. The number of aliphatic hydroxyl groups excluding tert-OH is 2. The fraction of sp³-hybridized carbons (Fsp3) is 0.941. The molecule has 1 amide bonds. The summed E-state index contributed by atoms with van der Waals surface area (Å²) in [6.45, 7) is 8.16. The lowest BCUT2D eigenvalue weighted by atomic mass is 9.99. The lowest BCUT2D eigenvalue weighted by Gasteiger charge is -2.36. The Morgan fingerprint density at radius 1 is 1.26 bits per heavy atom. The Hall–Kier alpha value is -0.850. The van der Waals surface area contributed by atoms with Gasteiger partial charge >= 0.3 is 6.09 Å². The second-order valence-electron chi connectivity index (χ2n) is 7.39. The molecule has 6 nitrogen and oxygen atoms in total. The number of hydrogen-bond donors (Lipinski definition) is 3. The molecular weight excluding hydrogens is 296 g/mol.